The molecule has 0 unspecified atom stereocenters. The van der Waals surface area contributed by atoms with Crippen LogP contribution in [0.5, 0.6) is 5.88 Å². The van der Waals surface area contributed by atoms with E-state index >= 15 is 0 Å². The van der Waals surface area contributed by atoms with Crippen LogP contribution in [0.15, 0.2) is 73.1 Å². The van der Waals surface area contributed by atoms with E-state index in [0.29, 0.717) is 60.7 Å². The number of amides is 1. The Morgan fingerprint density at radius 1 is 1.00 bits per heavy atom. The SMILES string of the molecule is CN(CCCC(N)=O)CCOc1ccc(/C(=C(/CC(F)(F)F)c2ccccc2)c2ccc3[nH]ncc3c2)cn1. The lowest BCUT2D eigenvalue weighted by molar-refractivity contribution is -0.123. The number of carbonyl (C=O) groups is 1. The molecule has 0 bridgehead atoms. The molecular formula is C29H30F3N5O2. The fraction of sp³-hybridized carbons (Fsp3) is 0.276. The first kappa shape index (κ1) is 27.8. The van der Waals surface area contributed by atoms with Gasteiger partial charge in [0.05, 0.1) is 18.1 Å². The van der Waals surface area contributed by atoms with E-state index in [2.05, 4.69) is 15.2 Å². The topological polar surface area (TPSA) is 97.1 Å². The molecule has 0 fully saturated rings. The minimum Gasteiger partial charge on any atom is -0.476 e. The fourth-order valence-electron chi connectivity index (χ4n) is 4.34. The van der Waals surface area contributed by atoms with E-state index in [1.807, 2.05) is 18.0 Å². The molecule has 0 aliphatic rings. The number of halogens is 3. The predicted octanol–water partition coefficient (Wildman–Crippen LogP) is 5.45. The van der Waals surface area contributed by atoms with Crippen LogP contribution in [0.2, 0.25) is 0 Å². The maximum Gasteiger partial charge on any atom is 0.393 e. The van der Waals surface area contributed by atoms with Gasteiger partial charge in [0.2, 0.25) is 11.8 Å². The number of allylic oxidation sites excluding steroid dienone is 1. The molecule has 0 radical (unpaired) electrons. The van der Waals surface area contributed by atoms with Crippen LogP contribution >= 0.6 is 0 Å². The highest BCUT2D eigenvalue weighted by Crippen LogP contribution is 2.39. The van der Waals surface area contributed by atoms with Gasteiger partial charge < -0.3 is 15.4 Å². The number of rotatable bonds is 12. The first-order chi connectivity index (χ1) is 18.7. The molecule has 2 aromatic carbocycles. The van der Waals surface area contributed by atoms with Crippen LogP contribution in [0.1, 0.15) is 36.0 Å². The zero-order valence-corrected chi connectivity index (χ0v) is 21.5. The molecule has 7 nitrogen and oxygen atoms in total. The number of fused-ring (bicyclic) bond motifs is 1. The third-order valence-corrected chi connectivity index (χ3v) is 6.24. The zero-order chi connectivity index (χ0) is 27.8. The fourth-order valence-corrected chi connectivity index (χ4v) is 4.34. The Labute approximate surface area is 224 Å². The Bertz CT molecular complexity index is 1420. The highest BCUT2D eigenvalue weighted by Gasteiger charge is 2.31. The number of carbonyl (C=O) groups excluding carboxylic acids is 1. The van der Waals surface area contributed by atoms with Crippen LogP contribution < -0.4 is 10.5 Å². The van der Waals surface area contributed by atoms with Crippen molar-refractivity contribution >= 4 is 28.0 Å². The molecule has 10 heteroatoms. The number of aromatic nitrogens is 3. The number of aromatic amines is 1. The minimum absolute atomic E-state index is 0.152. The number of hydrogen-bond acceptors (Lipinski definition) is 5. The molecule has 1 amide bonds. The summed E-state index contributed by atoms with van der Waals surface area (Å²) in [5.41, 5.74) is 8.20. The number of nitrogens with one attached hydrogen (secondary N) is 1. The van der Waals surface area contributed by atoms with Crippen molar-refractivity contribution in [1.29, 1.82) is 0 Å². The van der Waals surface area contributed by atoms with Crippen molar-refractivity contribution in [3.63, 3.8) is 0 Å². The smallest absolute Gasteiger partial charge is 0.393 e. The van der Waals surface area contributed by atoms with Gasteiger partial charge in [-0.15, -0.1) is 0 Å². The van der Waals surface area contributed by atoms with Crippen molar-refractivity contribution in [3.05, 3.63) is 89.7 Å². The summed E-state index contributed by atoms with van der Waals surface area (Å²) in [6.07, 6.45) is -1.34. The molecule has 4 aromatic rings. The van der Waals surface area contributed by atoms with Gasteiger partial charge in [0.25, 0.3) is 0 Å². The van der Waals surface area contributed by atoms with Crippen molar-refractivity contribution < 1.29 is 22.7 Å². The summed E-state index contributed by atoms with van der Waals surface area (Å²) in [6, 6.07) is 17.4. The van der Waals surface area contributed by atoms with Crippen LogP contribution in [0, 0.1) is 0 Å². The molecule has 0 atom stereocenters. The lowest BCUT2D eigenvalue weighted by Gasteiger charge is -2.19. The third-order valence-electron chi connectivity index (χ3n) is 6.24. The van der Waals surface area contributed by atoms with Crippen molar-refractivity contribution in [3.8, 4) is 5.88 Å². The molecule has 4 rings (SSSR count). The number of nitrogens with zero attached hydrogens (tertiary/aromatic N) is 3. The Hall–Kier alpha value is -4.18. The van der Waals surface area contributed by atoms with E-state index in [9.17, 15) is 18.0 Å². The Kier molecular flexibility index (Phi) is 8.98. The van der Waals surface area contributed by atoms with Crippen molar-refractivity contribution in [2.45, 2.75) is 25.4 Å². The van der Waals surface area contributed by atoms with Gasteiger partial charge in [-0.05, 0) is 60.5 Å². The van der Waals surface area contributed by atoms with Crippen molar-refractivity contribution in [2.24, 2.45) is 5.73 Å². The molecule has 2 heterocycles. The van der Waals surface area contributed by atoms with E-state index in [1.54, 1.807) is 67.0 Å². The van der Waals surface area contributed by atoms with Crippen molar-refractivity contribution in [1.82, 2.24) is 20.1 Å². The number of nitrogens with two attached hydrogens (primary N) is 1. The Balaban J connectivity index is 1.64. The van der Waals surface area contributed by atoms with Gasteiger partial charge in [-0.2, -0.15) is 18.3 Å². The summed E-state index contributed by atoms with van der Waals surface area (Å²) in [7, 11) is 1.92. The molecule has 3 N–H and O–H groups in total. The van der Waals surface area contributed by atoms with E-state index in [4.69, 9.17) is 10.5 Å². The van der Waals surface area contributed by atoms with E-state index in [0.717, 1.165) is 10.9 Å². The molecule has 0 saturated heterocycles. The minimum atomic E-state index is -4.42. The van der Waals surface area contributed by atoms with Gasteiger partial charge in [0, 0.05) is 36.2 Å². The van der Waals surface area contributed by atoms with Crippen LogP contribution in [0.4, 0.5) is 13.2 Å². The Morgan fingerprint density at radius 2 is 1.77 bits per heavy atom. The summed E-state index contributed by atoms with van der Waals surface area (Å²) in [5.74, 6) is 0.0405. The maximum absolute atomic E-state index is 13.9. The summed E-state index contributed by atoms with van der Waals surface area (Å²) >= 11 is 0. The molecule has 0 spiro atoms. The van der Waals surface area contributed by atoms with Gasteiger partial charge >= 0.3 is 6.18 Å². The molecule has 39 heavy (non-hydrogen) atoms. The number of likely N-dealkylation sites (N-methyl/N-ethyl adjacent to an activating group) is 1. The molecule has 0 aliphatic heterocycles. The Morgan fingerprint density at radius 3 is 2.46 bits per heavy atom. The predicted molar refractivity (Wildman–Crippen MR) is 145 cm³/mol. The molecule has 0 saturated carbocycles. The number of ether oxygens (including phenoxy) is 1. The second-order valence-corrected chi connectivity index (χ2v) is 9.29. The van der Waals surface area contributed by atoms with Gasteiger partial charge in [0.1, 0.15) is 6.61 Å². The first-order valence-electron chi connectivity index (χ1n) is 12.5. The molecule has 0 aliphatic carbocycles. The number of alkyl halides is 3. The second kappa shape index (κ2) is 12.6. The van der Waals surface area contributed by atoms with Gasteiger partial charge in [-0.25, -0.2) is 4.98 Å². The number of hydrogen-bond donors (Lipinski definition) is 2. The van der Waals surface area contributed by atoms with Gasteiger partial charge in [-0.3, -0.25) is 9.89 Å². The number of pyridine rings is 1. The number of benzene rings is 2. The lowest BCUT2D eigenvalue weighted by atomic mass is 9.88. The number of primary amides is 1. The number of H-pyrrole nitrogens is 1. The molecule has 204 valence electrons. The van der Waals surface area contributed by atoms with Gasteiger partial charge in [-0.1, -0.05) is 36.4 Å². The highest BCUT2D eigenvalue weighted by molar-refractivity contribution is 6.00. The molecule has 2 aromatic heterocycles. The summed E-state index contributed by atoms with van der Waals surface area (Å²) in [4.78, 5) is 17.3. The quantitative estimate of drug-likeness (QED) is 0.235. The maximum atomic E-state index is 13.9. The van der Waals surface area contributed by atoms with Crippen LogP contribution in [0.3, 0.4) is 0 Å². The largest absolute Gasteiger partial charge is 0.476 e. The van der Waals surface area contributed by atoms with Crippen LogP contribution in [-0.4, -0.2) is 58.9 Å². The standard InChI is InChI=1S/C29H30F3N5O2/c1-37(13-5-8-26(33)38)14-15-39-27-12-10-22(18-34-27)28(21-9-11-25-23(16-21)19-35-36-25)24(17-29(30,31)32)20-6-3-2-4-7-20/h2-4,6-7,9-12,16,18-19H,5,8,13-15,17H2,1H3,(H2,33,38)(H,35,36)/b28-24-. The van der Waals surface area contributed by atoms with Gasteiger partial charge in [0.15, 0.2) is 0 Å². The second-order valence-electron chi connectivity index (χ2n) is 9.29. The van der Waals surface area contributed by atoms with Crippen LogP contribution in [0.25, 0.3) is 22.0 Å². The summed E-state index contributed by atoms with van der Waals surface area (Å²) < 4.78 is 47.3. The normalized spacial score (nSPS) is 12.5. The first-order valence-corrected chi connectivity index (χ1v) is 12.5. The van der Waals surface area contributed by atoms with E-state index in [-0.39, 0.29) is 11.5 Å². The van der Waals surface area contributed by atoms with E-state index < -0.39 is 12.6 Å². The monoisotopic (exact) mass is 537 g/mol. The van der Waals surface area contributed by atoms with E-state index in [1.165, 1.54) is 0 Å². The van der Waals surface area contributed by atoms with Crippen molar-refractivity contribution in [2.75, 3.05) is 26.7 Å². The lowest BCUT2D eigenvalue weighted by Crippen LogP contribution is -2.26. The average Bonchev–Trinajstić information content (AvgIpc) is 3.37. The van der Waals surface area contributed by atoms with Crippen LogP contribution in [-0.2, 0) is 4.79 Å². The zero-order valence-electron chi connectivity index (χ0n) is 21.5. The third kappa shape index (κ3) is 7.90. The average molecular weight is 538 g/mol. The molecular weight excluding hydrogens is 507 g/mol. The highest BCUT2D eigenvalue weighted by atomic mass is 19.4. The summed E-state index contributed by atoms with van der Waals surface area (Å²) in [5, 5.41) is 7.71. The summed E-state index contributed by atoms with van der Waals surface area (Å²) in [6.45, 7) is 1.68.